The molecule has 1 saturated carbocycles. The summed E-state index contributed by atoms with van der Waals surface area (Å²) in [6.07, 6.45) is 3.40. The van der Waals surface area contributed by atoms with Crippen LogP contribution in [0.15, 0.2) is 79.1 Å². The average molecular weight is 493 g/mol. The number of likely N-dealkylation sites (tertiary alicyclic amines) is 1. The molecule has 3 heterocycles. The number of piperidine rings is 1. The maximum absolute atomic E-state index is 13.5. The summed E-state index contributed by atoms with van der Waals surface area (Å²) >= 11 is 0. The van der Waals surface area contributed by atoms with Gasteiger partial charge in [0.1, 0.15) is 5.82 Å². The van der Waals surface area contributed by atoms with Crippen LogP contribution in [0.25, 0.3) is 16.6 Å². The Morgan fingerprint density at radius 3 is 2.54 bits per heavy atom. The van der Waals surface area contributed by atoms with Crippen LogP contribution in [0.1, 0.15) is 33.1 Å². The van der Waals surface area contributed by atoms with Crippen molar-refractivity contribution in [1.82, 2.24) is 29.7 Å². The molecule has 3 unspecified atom stereocenters. The second-order valence-corrected chi connectivity index (χ2v) is 10.2. The van der Waals surface area contributed by atoms with Crippen LogP contribution >= 0.6 is 0 Å². The van der Waals surface area contributed by atoms with Gasteiger partial charge in [-0.2, -0.15) is 15.0 Å². The SMILES string of the molecule is Cc1cc2c(cnn2-c2ccc(F)cc2)cc1C12CN(C(=O)c3cnn(C)n3)CC1C2c1ccccc1. The van der Waals surface area contributed by atoms with Crippen LogP contribution in [0.3, 0.4) is 0 Å². The van der Waals surface area contributed by atoms with Crippen LogP contribution in [0.2, 0.25) is 0 Å². The Bertz CT molecular complexity index is 1660. The summed E-state index contributed by atoms with van der Waals surface area (Å²) in [6.45, 7) is 3.45. The molecule has 184 valence electrons. The summed E-state index contributed by atoms with van der Waals surface area (Å²) < 4.78 is 15.3. The molecule has 0 bridgehead atoms. The number of aryl methyl sites for hydroxylation is 2. The molecule has 8 heteroatoms. The number of fused-ring (bicyclic) bond motifs is 2. The normalized spacial score (nSPS) is 22.4. The Morgan fingerprint density at radius 2 is 1.81 bits per heavy atom. The van der Waals surface area contributed by atoms with Crippen LogP contribution in [-0.4, -0.2) is 48.7 Å². The van der Waals surface area contributed by atoms with E-state index >= 15 is 0 Å². The van der Waals surface area contributed by atoms with Gasteiger partial charge in [-0.3, -0.25) is 4.79 Å². The van der Waals surface area contributed by atoms with E-state index in [0.29, 0.717) is 30.6 Å². The van der Waals surface area contributed by atoms with Gasteiger partial charge in [0.2, 0.25) is 0 Å². The third kappa shape index (κ3) is 3.25. The number of aromatic nitrogens is 5. The summed E-state index contributed by atoms with van der Waals surface area (Å²) in [5.74, 6) is 0.308. The van der Waals surface area contributed by atoms with Gasteiger partial charge in [-0.05, 0) is 65.9 Å². The predicted octanol–water partition coefficient (Wildman–Crippen LogP) is 4.41. The Morgan fingerprint density at radius 1 is 1.03 bits per heavy atom. The number of amides is 1. The second-order valence-electron chi connectivity index (χ2n) is 10.2. The highest BCUT2D eigenvalue weighted by Gasteiger charge is 2.71. The highest BCUT2D eigenvalue weighted by molar-refractivity contribution is 5.93. The number of carbonyl (C=O) groups is 1. The average Bonchev–Trinajstić information content (AvgIpc) is 3.32. The van der Waals surface area contributed by atoms with E-state index in [1.807, 2.05) is 21.8 Å². The quantitative estimate of drug-likeness (QED) is 0.373. The van der Waals surface area contributed by atoms with Gasteiger partial charge in [0.25, 0.3) is 5.91 Å². The summed E-state index contributed by atoms with van der Waals surface area (Å²) in [5.41, 5.74) is 5.72. The van der Waals surface area contributed by atoms with Crippen molar-refractivity contribution in [2.24, 2.45) is 13.0 Å². The summed E-state index contributed by atoms with van der Waals surface area (Å²) in [4.78, 5) is 16.6. The molecule has 0 N–H and O–H groups in total. The Balaban J connectivity index is 1.31. The minimum absolute atomic E-state index is 0.0747. The Hall–Kier alpha value is -4.33. The van der Waals surface area contributed by atoms with Gasteiger partial charge in [0, 0.05) is 36.9 Å². The topological polar surface area (TPSA) is 68.8 Å². The maximum Gasteiger partial charge on any atom is 0.276 e. The minimum atomic E-state index is -0.272. The van der Waals surface area contributed by atoms with Crippen molar-refractivity contribution >= 4 is 16.8 Å². The lowest BCUT2D eigenvalue weighted by Crippen LogP contribution is -2.35. The molecular formula is C29H25FN6O. The van der Waals surface area contributed by atoms with Crippen molar-refractivity contribution in [1.29, 1.82) is 0 Å². The lowest BCUT2D eigenvalue weighted by atomic mass is 9.86. The van der Waals surface area contributed by atoms with Crippen LogP contribution in [-0.2, 0) is 12.5 Å². The summed E-state index contributed by atoms with van der Waals surface area (Å²) in [6, 6.07) is 21.4. The van der Waals surface area contributed by atoms with Gasteiger partial charge in [-0.1, -0.05) is 30.3 Å². The molecule has 0 radical (unpaired) electrons. The van der Waals surface area contributed by atoms with E-state index < -0.39 is 0 Å². The predicted molar refractivity (Wildman–Crippen MR) is 137 cm³/mol. The molecule has 1 amide bonds. The van der Waals surface area contributed by atoms with E-state index in [-0.39, 0.29) is 17.1 Å². The lowest BCUT2D eigenvalue weighted by Gasteiger charge is -2.25. The highest BCUT2D eigenvalue weighted by atomic mass is 19.1. The number of hydrogen-bond acceptors (Lipinski definition) is 4. The molecule has 2 aromatic heterocycles. The molecule has 0 spiro atoms. The number of hydrogen-bond donors (Lipinski definition) is 0. The van der Waals surface area contributed by atoms with Crippen LogP contribution < -0.4 is 0 Å². The first-order valence-corrected chi connectivity index (χ1v) is 12.4. The van der Waals surface area contributed by atoms with Crippen LogP contribution in [0.4, 0.5) is 4.39 Å². The molecule has 1 aliphatic carbocycles. The zero-order chi connectivity index (χ0) is 25.3. The highest BCUT2D eigenvalue weighted by Crippen LogP contribution is 2.69. The molecule has 3 atom stereocenters. The van der Waals surface area contributed by atoms with Gasteiger partial charge >= 0.3 is 0 Å². The number of rotatable bonds is 4. The zero-order valence-corrected chi connectivity index (χ0v) is 20.5. The Labute approximate surface area is 213 Å². The molecule has 1 aliphatic heterocycles. The minimum Gasteiger partial charge on any atom is -0.336 e. The van der Waals surface area contributed by atoms with E-state index in [2.05, 4.69) is 58.6 Å². The molecule has 7 nitrogen and oxygen atoms in total. The van der Waals surface area contributed by atoms with Crippen LogP contribution in [0, 0.1) is 18.7 Å². The van der Waals surface area contributed by atoms with Gasteiger partial charge in [0.15, 0.2) is 5.69 Å². The fraction of sp³-hybridized carbons (Fsp3) is 0.241. The smallest absolute Gasteiger partial charge is 0.276 e. The zero-order valence-electron chi connectivity index (χ0n) is 20.5. The van der Waals surface area contributed by atoms with Crippen LogP contribution in [0.5, 0.6) is 0 Å². The second kappa shape index (κ2) is 7.83. The molecule has 7 rings (SSSR count). The molecular weight excluding hydrogens is 467 g/mol. The third-order valence-corrected chi connectivity index (χ3v) is 8.13. The maximum atomic E-state index is 13.5. The number of benzene rings is 3. The lowest BCUT2D eigenvalue weighted by molar-refractivity contribution is 0.0762. The van der Waals surface area contributed by atoms with E-state index in [4.69, 9.17) is 0 Å². The first kappa shape index (κ1) is 21.9. The van der Waals surface area contributed by atoms with E-state index in [9.17, 15) is 9.18 Å². The standard InChI is InChI=1S/C29H25FN6O/c1-18-12-26-20(14-32-36(26)22-10-8-21(30)9-11-22)13-23(18)29-17-35(28(37)25-15-31-34(2)33-25)16-24(29)27(29)19-6-4-3-5-7-19/h3-15,24,27H,16-17H2,1-2H3. The third-order valence-electron chi connectivity index (χ3n) is 8.13. The summed E-state index contributed by atoms with van der Waals surface area (Å²) in [5, 5.41) is 14.0. The van der Waals surface area contributed by atoms with Gasteiger partial charge in [-0.25, -0.2) is 9.07 Å². The molecule has 2 fully saturated rings. The monoisotopic (exact) mass is 492 g/mol. The number of carbonyl (C=O) groups excluding carboxylic acids is 1. The number of halogens is 1. The largest absolute Gasteiger partial charge is 0.336 e. The molecule has 1 saturated heterocycles. The Kier molecular flexibility index (Phi) is 4.64. The molecule has 5 aromatic rings. The molecule has 2 aliphatic rings. The fourth-order valence-electron chi connectivity index (χ4n) is 6.49. The first-order chi connectivity index (χ1) is 18.0. The van der Waals surface area contributed by atoms with Crippen molar-refractivity contribution in [3.8, 4) is 5.69 Å². The van der Waals surface area contributed by atoms with Crippen molar-refractivity contribution < 1.29 is 9.18 Å². The van der Waals surface area contributed by atoms with E-state index in [1.54, 1.807) is 19.2 Å². The first-order valence-electron chi connectivity index (χ1n) is 12.4. The van der Waals surface area contributed by atoms with Crippen molar-refractivity contribution in [2.75, 3.05) is 13.1 Å². The van der Waals surface area contributed by atoms with E-state index in [1.165, 1.54) is 34.3 Å². The van der Waals surface area contributed by atoms with Gasteiger partial charge in [-0.15, -0.1) is 5.10 Å². The van der Waals surface area contributed by atoms with Crippen molar-refractivity contribution in [3.05, 3.63) is 107 Å². The van der Waals surface area contributed by atoms with Gasteiger partial charge in [0.05, 0.1) is 23.6 Å². The fourth-order valence-corrected chi connectivity index (χ4v) is 6.49. The van der Waals surface area contributed by atoms with Gasteiger partial charge < -0.3 is 4.90 Å². The molecule has 37 heavy (non-hydrogen) atoms. The van der Waals surface area contributed by atoms with E-state index in [0.717, 1.165) is 22.2 Å². The summed E-state index contributed by atoms with van der Waals surface area (Å²) in [7, 11) is 1.72. The van der Waals surface area contributed by atoms with Crippen molar-refractivity contribution in [3.63, 3.8) is 0 Å². The number of nitrogens with zero attached hydrogens (tertiary/aromatic N) is 6. The van der Waals surface area contributed by atoms with Crippen molar-refractivity contribution in [2.45, 2.75) is 18.3 Å². The molecule has 3 aromatic carbocycles.